The molecular weight excluding hydrogens is 417 g/mol. The summed E-state index contributed by atoms with van der Waals surface area (Å²) in [6, 6.07) is 6.39. The Bertz CT molecular complexity index is 1120. The van der Waals surface area contributed by atoms with E-state index in [-0.39, 0.29) is 17.2 Å². The highest BCUT2D eigenvalue weighted by atomic mass is 32.2. The van der Waals surface area contributed by atoms with Gasteiger partial charge in [0, 0.05) is 26.2 Å². The summed E-state index contributed by atoms with van der Waals surface area (Å²) in [5.74, 6) is 0.514. The fourth-order valence-electron chi connectivity index (χ4n) is 3.74. The molecule has 0 spiro atoms. The monoisotopic (exact) mass is 441 g/mol. The highest BCUT2D eigenvalue weighted by Gasteiger charge is 2.27. The molecule has 3 aromatic rings. The molecule has 1 aliphatic heterocycles. The summed E-state index contributed by atoms with van der Waals surface area (Å²) in [6.45, 7) is 5.04. The Hall–Kier alpha value is -2.84. The largest absolute Gasteiger partial charge is 0.618 e. The van der Waals surface area contributed by atoms with Crippen molar-refractivity contribution in [3.05, 3.63) is 65.1 Å². The summed E-state index contributed by atoms with van der Waals surface area (Å²) >= 11 is 1.45. The number of aromatic nitrogens is 1. The Kier molecular flexibility index (Phi) is 6.29. The second-order valence-electron chi connectivity index (χ2n) is 7.46. The number of fused-ring (bicyclic) bond motifs is 1. The van der Waals surface area contributed by atoms with Crippen molar-refractivity contribution >= 4 is 40.2 Å². The van der Waals surface area contributed by atoms with Gasteiger partial charge in [-0.25, -0.2) is 4.39 Å². The van der Waals surface area contributed by atoms with Crippen LogP contribution in [-0.4, -0.2) is 49.7 Å². The van der Waals surface area contributed by atoms with Gasteiger partial charge in [-0.1, -0.05) is 6.92 Å². The lowest BCUT2D eigenvalue weighted by molar-refractivity contribution is -0.578. The first kappa shape index (κ1) is 21.4. The molecule has 0 bridgehead atoms. The van der Waals surface area contributed by atoms with Crippen molar-refractivity contribution in [3.8, 4) is 0 Å². The lowest BCUT2D eigenvalue weighted by Crippen LogP contribution is -2.45. The summed E-state index contributed by atoms with van der Waals surface area (Å²) in [7, 11) is 2.04. The van der Waals surface area contributed by atoms with E-state index < -0.39 is 0 Å². The van der Waals surface area contributed by atoms with Crippen LogP contribution < -0.4 is 9.63 Å². The van der Waals surface area contributed by atoms with Crippen molar-refractivity contribution in [2.75, 3.05) is 43.9 Å². The molecule has 1 aliphatic rings. The van der Waals surface area contributed by atoms with Crippen LogP contribution in [0.2, 0.25) is 0 Å². The van der Waals surface area contributed by atoms with E-state index in [2.05, 4.69) is 4.90 Å². The number of pyridine rings is 1. The van der Waals surface area contributed by atoms with E-state index >= 15 is 4.39 Å². The first-order chi connectivity index (χ1) is 15.0. The summed E-state index contributed by atoms with van der Waals surface area (Å²) in [6.07, 6.45) is 5.66. The van der Waals surface area contributed by atoms with Gasteiger partial charge < -0.3 is 19.4 Å². The van der Waals surface area contributed by atoms with E-state index in [0.29, 0.717) is 50.8 Å². The summed E-state index contributed by atoms with van der Waals surface area (Å²) in [5.41, 5.74) is 1.08. The number of carbonyl (C=O) groups excluding carboxylic acids is 1. The zero-order valence-electron chi connectivity index (χ0n) is 17.5. The summed E-state index contributed by atoms with van der Waals surface area (Å²) in [4.78, 5) is 17.4. The SMILES string of the molecule is CCSc1c(N2CCN(C)CC2)c(F)cc2cc(C(=O)C=Cc3ccco3)c[n+]([O-])c12. The molecule has 162 valence electrons. The highest BCUT2D eigenvalue weighted by Crippen LogP contribution is 2.38. The van der Waals surface area contributed by atoms with Gasteiger partial charge in [0.15, 0.2) is 12.0 Å². The van der Waals surface area contributed by atoms with Gasteiger partial charge in [-0.3, -0.25) is 4.79 Å². The molecule has 0 unspecified atom stereocenters. The number of likely N-dealkylation sites (N-methyl/N-ethyl adjacent to an activating group) is 1. The second-order valence-corrected chi connectivity index (χ2v) is 8.74. The van der Waals surface area contributed by atoms with E-state index in [1.54, 1.807) is 18.2 Å². The minimum Gasteiger partial charge on any atom is -0.618 e. The van der Waals surface area contributed by atoms with Gasteiger partial charge in [0.2, 0.25) is 5.52 Å². The lowest BCUT2D eigenvalue weighted by Gasteiger charge is -2.35. The number of furan rings is 1. The number of allylic oxidation sites excluding steroid dienone is 1. The number of carbonyl (C=O) groups is 1. The fraction of sp³-hybridized carbons (Fsp3) is 0.304. The van der Waals surface area contributed by atoms with Crippen molar-refractivity contribution in [2.45, 2.75) is 11.8 Å². The van der Waals surface area contributed by atoms with E-state index in [1.807, 2.05) is 18.9 Å². The number of rotatable bonds is 6. The molecule has 31 heavy (non-hydrogen) atoms. The first-order valence-corrected chi connectivity index (χ1v) is 11.2. The molecule has 0 radical (unpaired) electrons. The maximum atomic E-state index is 15.3. The van der Waals surface area contributed by atoms with Gasteiger partial charge >= 0.3 is 0 Å². The Morgan fingerprint density at radius 2 is 2.10 bits per heavy atom. The van der Waals surface area contributed by atoms with Crippen LogP contribution in [0.25, 0.3) is 17.0 Å². The number of ketones is 1. The smallest absolute Gasteiger partial charge is 0.239 e. The van der Waals surface area contributed by atoms with Crippen molar-refractivity contribution < 1.29 is 18.3 Å². The zero-order valence-corrected chi connectivity index (χ0v) is 18.3. The van der Waals surface area contributed by atoms with Crippen LogP contribution in [0.1, 0.15) is 23.0 Å². The van der Waals surface area contributed by atoms with Crippen LogP contribution in [0.3, 0.4) is 0 Å². The number of benzene rings is 1. The molecule has 0 amide bonds. The third kappa shape index (κ3) is 4.45. The van der Waals surface area contributed by atoms with E-state index in [0.717, 1.165) is 13.1 Å². The van der Waals surface area contributed by atoms with Crippen molar-refractivity contribution in [2.24, 2.45) is 0 Å². The number of hydrogen-bond donors (Lipinski definition) is 0. The van der Waals surface area contributed by atoms with Crippen LogP contribution in [0.4, 0.5) is 10.1 Å². The second kappa shape index (κ2) is 9.11. The van der Waals surface area contributed by atoms with Crippen molar-refractivity contribution in [1.82, 2.24) is 4.90 Å². The summed E-state index contributed by atoms with van der Waals surface area (Å²) in [5, 5.41) is 13.4. The zero-order chi connectivity index (χ0) is 22.0. The maximum absolute atomic E-state index is 15.3. The predicted octanol–water partition coefficient (Wildman–Crippen LogP) is 3.97. The minimum atomic E-state index is -0.372. The Morgan fingerprint density at radius 3 is 2.77 bits per heavy atom. The molecule has 0 atom stereocenters. The number of nitrogens with zero attached hydrogens (tertiary/aromatic N) is 3. The number of thioether (sulfide) groups is 1. The molecule has 4 rings (SSSR count). The molecular formula is C23H24FN3O3S. The standard InChI is InChI=1S/C23H24FN3O3S/c1-3-31-23-21-16(14-19(24)22(23)26-10-8-25(2)9-11-26)13-17(15-27(21)29)20(28)7-6-18-5-4-12-30-18/h4-7,12-15H,3,8-11H2,1-2H3. The third-order valence-electron chi connectivity index (χ3n) is 5.33. The molecule has 6 nitrogen and oxygen atoms in total. The quantitative estimate of drug-likeness (QED) is 0.190. The van der Waals surface area contributed by atoms with Crippen LogP contribution in [-0.2, 0) is 0 Å². The predicted molar refractivity (Wildman–Crippen MR) is 121 cm³/mol. The fourth-order valence-corrected chi connectivity index (χ4v) is 4.74. The maximum Gasteiger partial charge on any atom is 0.239 e. The normalized spacial score (nSPS) is 15.3. The Morgan fingerprint density at radius 1 is 1.32 bits per heavy atom. The number of piperazine rings is 1. The molecule has 0 saturated carbocycles. The first-order valence-electron chi connectivity index (χ1n) is 10.2. The molecule has 1 fully saturated rings. The van der Waals surface area contributed by atoms with Crippen molar-refractivity contribution in [1.29, 1.82) is 0 Å². The van der Waals surface area contributed by atoms with Gasteiger partial charge in [-0.15, -0.1) is 11.8 Å². The lowest BCUT2D eigenvalue weighted by atomic mass is 10.1. The molecule has 1 aromatic carbocycles. The van der Waals surface area contributed by atoms with Crippen LogP contribution in [0.5, 0.6) is 0 Å². The third-order valence-corrected chi connectivity index (χ3v) is 6.30. The molecule has 3 heterocycles. The molecule has 0 N–H and O–H groups in total. The summed E-state index contributed by atoms with van der Waals surface area (Å²) < 4.78 is 21.2. The van der Waals surface area contributed by atoms with Crippen LogP contribution >= 0.6 is 11.8 Å². The average Bonchev–Trinajstić information content (AvgIpc) is 3.26. The highest BCUT2D eigenvalue weighted by molar-refractivity contribution is 7.99. The van der Waals surface area contributed by atoms with E-state index in [9.17, 15) is 10.0 Å². The average molecular weight is 442 g/mol. The van der Waals surface area contributed by atoms with Crippen LogP contribution in [0, 0.1) is 11.0 Å². The van der Waals surface area contributed by atoms with E-state index in [4.69, 9.17) is 4.42 Å². The van der Waals surface area contributed by atoms with Crippen molar-refractivity contribution in [3.63, 3.8) is 0 Å². The molecule has 2 aromatic heterocycles. The molecule has 8 heteroatoms. The number of hydrogen-bond acceptors (Lipinski definition) is 6. The van der Waals surface area contributed by atoms with Crippen LogP contribution in [0.15, 0.2) is 52.1 Å². The topological polar surface area (TPSA) is 63.6 Å². The van der Waals surface area contributed by atoms with Gasteiger partial charge in [-0.05, 0) is 49.2 Å². The minimum absolute atomic E-state index is 0.199. The Labute approximate surface area is 184 Å². The molecule has 1 saturated heterocycles. The Balaban J connectivity index is 1.77. The number of anilines is 1. The van der Waals surface area contributed by atoms with Gasteiger partial charge in [0.05, 0.1) is 22.9 Å². The van der Waals surface area contributed by atoms with Gasteiger partial charge in [-0.2, -0.15) is 4.73 Å². The van der Waals surface area contributed by atoms with Gasteiger partial charge in [0.25, 0.3) is 0 Å². The van der Waals surface area contributed by atoms with E-state index in [1.165, 1.54) is 42.4 Å². The molecule has 0 aliphatic carbocycles. The number of halogens is 1. The van der Waals surface area contributed by atoms with Gasteiger partial charge in [0.1, 0.15) is 16.5 Å².